The van der Waals surface area contributed by atoms with Gasteiger partial charge in [0.05, 0.1) is 23.5 Å². The Morgan fingerprint density at radius 1 is 1.21 bits per heavy atom. The van der Waals surface area contributed by atoms with Crippen LogP contribution in [0.4, 0.5) is 10.6 Å². The lowest BCUT2D eigenvalue weighted by molar-refractivity contribution is 0.249. The Balaban J connectivity index is 1.48. The molecule has 0 spiro atoms. The quantitative estimate of drug-likeness (QED) is 0.692. The lowest BCUT2D eigenvalue weighted by Gasteiger charge is -2.19. The van der Waals surface area contributed by atoms with E-state index in [1.807, 2.05) is 65.8 Å². The molecule has 7 heteroatoms. The number of amides is 2. The van der Waals surface area contributed by atoms with Gasteiger partial charge in [-0.1, -0.05) is 31.0 Å². The van der Waals surface area contributed by atoms with Gasteiger partial charge in [0.2, 0.25) is 0 Å². The first kappa shape index (κ1) is 18.3. The monoisotopic (exact) mass is 378 g/mol. The first-order chi connectivity index (χ1) is 13.6. The van der Waals surface area contributed by atoms with Crippen LogP contribution in [0, 0.1) is 6.92 Å². The fraction of sp³-hybridized carbons (Fsp3) is 0.381. The molecule has 7 nitrogen and oxygen atoms in total. The van der Waals surface area contributed by atoms with Crippen molar-refractivity contribution in [1.29, 1.82) is 0 Å². The Bertz CT molecular complexity index is 940. The molecule has 2 amide bonds. The Morgan fingerprint density at radius 3 is 2.75 bits per heavy atom. The van der Waals surface area contributed by atoms with Gasteiger partial charge in [-0.25, -0.2) is 14.2 Å². The average Bonchev–Trinajstić information content (AvgIpc) is 3.43. The third kappa shape index (κ3) is 3.78. The number of urea groups is 1. The second kappa shape index (κ2) is 7.88. The highest BCUT2D eigenvalue weighted by Gasteiger charge is 2.22. The van der Waals surface area contributed by atoms with Gasteiger partial charge in [-0.3, -0.25) is 5.32 Å². The van der Waals surface area contributed by atoms with Crippen LogP contribution in [-0.2, 0) is 0 Å². The minimum Gasteiger partial charge on any atom is -0.331 e. The summed E-state index contributed by atoms with van der Waals surface area (Å²) in [6, 6.07) is 11.7. The van der Waals surface area contributed by atoms with Gasteiger partial charge in [0.1, 0.15) is 5.82 Å². The third-order valence-corrected chi connectivity index (χ3v) is 5.27. The molecule has 2 aromatic heterocycles. The first-order valence-electron chi connectivity index (χ1n) is 9.84. The number of benzene rings is 1. The van der Waals surface area contributed by atoms with Gasteiger partial charge in [-0.15, -0.1) is 0 Å². The van der Waals surface area contributed by atoms with E-state index < -0.39 is 0 Å². The third-order valence-electron chi connectivity index (χ3n) is 5.27. The van der Waals surface area contributed by atoms with E-state index in [9.17, 15) is 4.79 Å². The minimum atomic E-state index is -0.234. The topological polar surface area (TPSA) is 76.8 Å². The summed E-state index contributed by atoms with van der Waals surface area (Å²) >= 11 is 0. The van der Waals surface area contributed by atoms with E-state index in [1.54, 1.807) is 6.20 Å². The van der Waals surface area contributed by atoms with Crippen LogP contribution in [0.5, 0.6) is 0 Å². The lowest BCUT2D eigenvalue weighted by Crippen LogP contribution is -2.32. The zero-order valence-corrected chi connectivity index (χ0v) is 16.3. The number of nitrogens with zero attached hydrogens (tertiary/aromatic N) is 4. The maximum atomic E-state index is 12.7. The summed E-state index contributed by atoms with van der Waals surface area (Å²) in [7, 11) is 0. The second-order valence-corrected chi connectivity index (χ2v) is 7.38. The standard InChI is InChI=1S/C21H26N6O/c1-15-14-20(27(25-15)17-8-3-4-9-17)24-21(28)23-16(2)18-10-5-6-11-19(18)26-13-7-12-22-26/h5-7,10-14,16-17H,3-4,8-9H2,1-2H3,(H2,23,24,28)/t16-/m0/s1. The van der Waals surface area contributed by atoms with Crippen molar-refractivity contribution < 1.29 is 4.79 Å². The predicted octanol–water partition coefficient (Wildman–Crippen LogP) is 4.38. The number of para-hydroxylation sites is 1. The number of rotatable bonds is 5. The number of anilines is 1. The zero-order valence-electron chi connectivity index (χ0n) is 16.3. The van der Waals surface area contributed by atoms with E-state index in [0.717, 1.165) is 35.6 Å². The van der Waals surface area contributed by atoms with E-state index in [0.29, 0.717) is 6.04 Å². The van der Waals surface area contributed by atoms with Crippen molar-refractivity contribution in [3.05, 3.63) is 60.0 Å². The number of nitrogens with one attached hydrogen (secondary N) is 2. The van der Waals surface area contributed by atoms with Crippen LogP contribution in [-0.4, -0.2) is 25.6 Å². The molecule has 0 aliphatic heterocycles. The molecular formula is C21H26N6O. The molecule has 146 valence electrons. The van der Waals surface area contributed by atoms with Crippen molar-refractivity contribution in [2.75, 3.05) is 5.32 Å². The zero-order chi connectivity index (χ0) is 19.5. The highest BCUT2D eigenvalue weighted by atomic mass is 16.2. The van der Waals surface area contributed by atoms with Crippen molar-refractivity contribution in [2.45, 2.75) is 51.6 Å². The fourth-order valence-electron chi connectivity index (χ4n) is 3.94. The van der Waals surface area contributed by atoms with E-state index >= 15 is 0 Å². The summed E-state index contributed by atoms with van der Waals surface area (Å²) in [5.41, 5.74) is 2.87. The maximum absolute atomic E-state index is 12.7. The van der Waals surface area contributed by atoms with Crippen molar-refractivity contribution in [1.82, 2.24) is 24.9 Å². The molecule has 28 heavy (non-hydrogen) atoms. The molecule has 1 saturated carbocycles. The van der Waals surface area contributed by atoms with Gasteiger partial charge in [0.15, 0.2) is 0 Å². The average molecular weight is 378 g/mol. The van der Waals surface area contributed by atoms with Crippen LogP contribution in [0.2, 0.25) is 0 Å². The molecule has 0 saturated heterocycles. The van der Waals surface area contributed by atoms with E-state index in [-0.39, 0.29) is 12.1 Å². The van der Waals surface area contributed by atoms with Gasteiger partial charge in [0, 0.05) is 18.5 Å². The van der Waals surface area contributed by atoms with Gasteiger partial charge in [-0.05, 0) is 44.4 Å². The molecular weight excluding hydrogens is 352 g/mol. The SMILES string of the molecule is Cc1cc(NC(=O)N[C@@H](C)c2ccccc2-n2cccn2)n(C2CCCC2)n1. The number of aryl methyl sites for hydroxylation is 1. The summed E-state index contributed by atoms with van der Waals surface area (Å²) in [5.74, 6) is 0.759. The second-order valence-electron chi connectivity index (χ2n) is 7.38. The van der Waals surface area contributed by atoms with Gasteiger partial charge >= 0.3 is 6.03 Å². The van der Waals surface area contributed by atoms with Crippen LogP contribution in [0.3, 0.4) is 0 Å². The molecule has 0 bridgehead atoms. The van der Waals surface area contributed by atoms with E-state index in [2.05, 4.69) is 20.8 Å². The minimum absolute atomic E-state index is 0.177. The number of carbonyl (C=O) groups is 1. The summed E-state index contributed by atoms with van der Waals surface area (Å²) in [6.07, 6.45) is 8.31. The summed E-state index contributed by atoms with van der Waals surface area (Å²) in [4.78, 5) is 12.7. The van der Waals surface area contributed by atoms with Crippen LogP contribution >= 0.6 is 0 Å². The fourth-order valence-corrected chi connectivity index (χ4v) is 3.94. The van der Waals surface area contributed by atoms with Gasteiger partial charge in [-0.2, -0.15) is 10.2 Å². The molecule has 2 heterocycles. The maximum Gasteiger partial charge on any atom is 0.320 e. The Labute approximate surface area is 164 Å². The molecule has 0 radical (unpaired) electrons. The van der Waals surface area contributed by atoms with Crippen molar-refractivity contribution >= 4 is 11.8 Å². The van der Waals surface area contributed by atoms with Crippen molar-refractivity contribution in [3.8, 4) is 5.69 Å². The molecule has 1 aromatic carbocycles. The van der Waals surface area contributed by atoms with E-state index in [1.165, 1.54) is 12.8 Å². The number of hydrogen-bond acceptors (Lipinski definition) is 3. The summed E-state index contributed by atoms with van der Waals surface area (Å²) < 4.78 is 3.79. The van der Waals surface area contributed by atoms with Gasteiger partial charge < -0.3 is 5.32 Å². The van der Waals surface area contributed by atoms with Gasteiger partial charge in [0.25, 0.3) is 0 Å². The summed E-state index contributed by atoms with van der Waals surface area (Å²) in [6.45, 7) is 3.93. The Morgan fingerprint density at radius 2 is 2.00 bits per heavy atom. The van der Waals surface area contributed by atoms with Crippen LogP contribution in [0.15, 0.2) is 48.8 Å². The number of aromatic nitrogens is 4. The molecule has 0 unspecified atom stereocenters. The lowest BCUT2D eigenvalue weighted by atomic mass is 10.1. The first-order valence-corrected chi connectivity index (χ1v) is 9.84. The molecule has 1 atom stereocenters. The highest BCUT2D eigenvalue weighted by Crippen LogP contribution is 2.32. The van der Waals surface area contributed by atoms with E-state index in [4.69, 9.17) is 0 Å². The van der Waals surface area contributed by atoms with Crippen LogP contribution in [0.25, 0.3) is 5.69 Å². The smallest absolute Gasteiger partial charge is 0.320 e. The normalized spacial score (nSPS) is 15.5. The molecule has 3 aromatic rings. The largest absolute Gasteiger partial charge is 0.331 e. The van der Waals surface area contributed by atoms with Crippen molar-refractivity contribution in [3.63, 3.8) is 0 Å². The molecule has 1 aliphatic rings. The van der Waals surface area contributed by atoms with Crippen molar-refractivity contribution in [2.24, 2.45) is 0 Å². The summed E-state index contributed by atoms with van der Waals surface area (Å²) in [5, 5.41) is 14.9. The Hall–Kier alpha value is -3.09. The molecule has 1 fully saturated rings. The molecule has 1 aliphatic carbocycles. The predicted molar refractivity (Wildman–Crippen MR) is 109 cm³/mol. The number of carbonyl (C=O) groups excluding carboxylic acids is 1. The van der Waals surface area contributed by atoms with Crippen LogP contribution in [0.1, 0.15) is 55.9 Å². The van der Waals surface area contributed by atoms with Crippen LogP contribution < -0.4 is 10.6 Å². The Kier molecular flexibility index (Phi) is 5.14. The highest BCUT2D eigenvalue weighted by molar-refractivity contribution is 5.88. The molecule has 2 N–H and O–H groups in total. The molecule has 4 rings (SSSR count). The number of hydrogen-bond donors (Lipinski definition) is 2.